The maximum atomic E-state index is 11.8. The number of hydrogen-bond acceptors (Lipinski definition) is 18. The van der Waals surface area contributed by atoms with Crippen LogP contribution < -0.4 is 10.6 Å². The van der Waals surface area contributed by atoms with Crippen molar-refractivity contribution < 1.29 is 320 Å². The Morgan fingerprint density at radius 3 is 0.992 bits per heavy atom. The molecule has 2 N–H and O–H groups in total. The third-order valence-electron chi connectivity index (χ3n) is 22.0. The Balaban J connectivity index is -0.000000114. The molecule has 120 heavy (non-hydrogen) atoms. The normalized spacial score (nSPS) is 23.3. The molecule has 9 rings (SSSR count). The summed E-state index contributed by atoms with van der Waals surface area (Å²) in [5, 5.41) is 13.4. The molecule has 9 aliphatic rings. The molecule has 4 aliphatic heterocycles. The van der Waals surface area contributed by atoms with Gasteiger partial charge in [0.25, 0.3) is 5.91 Å². The van der Waals surface area contributed by atoms with Gasteiger partial charge in [0.2, 0.25) is 23.5 Å². The van der Waals surface area contributed by atoms with Crippen molar-refractivity contribution in [2.75, 3.05) is 85.2 Å². The van der Waals surface area contributed by atoms with Crippen molar-refractivity contribution in [2.24, 2.45) is 87.2 Å². The van der Waals surface area contributed by atoms with Gasteiger partial charge in [-0.1, -0.05) is 44.8 Å². The smallest absolute Gasteiger partial charge is 0.289 e. The molecule has 4 saturated heterocycles. The number of nitrogens with zero attached hydrogens (tertiary/aromatic N) is 10. The molecule has 5 aliphatic carbocycles. The summed E-state index contributed by atoms with van der Waals surface area (Å²) < 4.78 is 5.40. The predicted octanol–water partition coefficient (Wildman–Crippen LogP) is 11.0. The van der Waals surface area contributed by atoms with Crippen LogP contribution in [0.3, 0.4) is 0 Å². The molecule has 0 aromatic rings. The molecule has 0 aromatic heterocycles. The molecule has 4 amide bonds. The number of fused-ring (bicyclic) bond motifs is 10. The fourth-order valence-corrected chi connectivity index (χ4v) is 17.5. The Hall–Kier alpha value is 0.630. The first-order valence-corrected chi connectivity index (χ1v) is 38.0. The molecule has 0 spiro atoms. The van der Waals surface area contributed by atoms with Crippen molar-refractivity contribution in [3.63, 3.8) is 0 Å². The summed E-state index contributed by atoms with van der Waals surface area (Å²) in [6.45, 7) is 49.4. The number of piperidine rings is 2. The SMILES string of the molecule is C.C.[CH2-]C(=O)CC1CC2CC1CC2CC([CH2-])=O.[CH2-]C(=O)CC1CC2CCC(C1)CC(CC([CH2-])=O)C2.[CH2-]C(=O)CC1CC2NC1CC2CC([CH2-])=O.[CH2-]C(=O)CC1CC2NCC1CC2CC([CH2-])=O.[CH2-]CCN(CCN(CC[CH2-])C(=O)C(C)=O)C(=O)CN=[N+]=[N-].[CH2-]CN(CCOCCN(C[CH2-])C(=O)CN=[N+]=[N-])C(=O)CC.[W].[W].[W].[W].[W].[W].[W].[W].[W].[W].[W].[W]. The van der Waals surface area contributed by atoms with Crippen molar-refractivity contribution in [1.29, 1.82) is 0 Å². The number of hydrogen-bond donors (Lipinski definition) is 2. The second-order valence-corrected chi connectivity index (χ2v) is 30.3. The van der Waals surface area contributed by atoms with E-state index in [0.29, 0.717) is 212 Å². The number of Topliss-reactive ketones (excluding diaryl/α,β-unsaturated/α-hetero) is 9. The summed E-state index contributed by atoms with van der Waals surface area (Å²) in [5.74, 6) is 6.02. The summed E-state index contributed by atoms with van der Waals surface area (Å²) >= 11 is 0. The summed E-state index contributed by atoms with van der Waals surface area (Å²) in [6, 6.07) is 1.25. The number of azide groups is 2. The molecular weight excluding hydrogens is 3580 g/mol. The van der Waals surface area contributed by atoms with Crippen molar-refractivity contribution in [3.05, 3.63) is 104 Å². The van der Waals surface area contributed by atoms with Crippen molar-refractivity contribution in [2.45, 2.75) is 201 Å². The molecule has 38 heteroatoms. The number of carbonyl (C=O) groups is 13. The molecule has 8 bridgehead atoms. The van der Waals surface area contributed by atoms with Gasteiger partial charge in [-0.3, -0.25) is 24.0 Å². The van der Waals surface area contributed by atoms with Gasteiger partial charge in [0, 0.05) is 320 Å². The number of ether oxygens (including phenoxy) is 1. The Morgan fingerprint density at radius 1 is 0.383 bits per heavy atom. The zero-order valence-electron chi connectivity index (χ0n) is 68.5. The first kappa shape index (κ1) is 146. The van der Waals surface area contributed by atoms with Crippen LogP contribution >= 0.6 is 0 Å². The minimum Gasteiger partial charge on any atom is -0.378 e. The second-order valence-electron chi connectivity index (χ2n) is 30.3. The van der Waals surface area contributed by atoms with Gasteiger partial charge in [-0.25, -0.2) is 0 Å². The van der Waals surface area contributed by atoms with Crippen LogP contribution in [-0.2, 0) is 320 Å². The maximum Gasteiger partial charge on any atom is 0.289 e. The third-order valence-corrected chi connectivity index (χ3v) is 22.0. The molecule has 5 saturated carbocycles. The zero-order valence-corrected chi connectivity index (χ0v) is 104. The number of carbonyl (C=O) groups excluding carboxylic acids is 13. The van der Waals surface area contributed by atoms with Crippen LogP contribution in [0.5, 0.6) is 0 Å². The molecule has 12 unspecified atom stereocenters. The van der Waals surface area contributed by atoms with E-state index in [1.807, 2.05) is 0 Å². The van der Waals surface area contributed by atoms with E-state index in [1.54, 1.807) is 11.8 Å². The topological polar surface area (TPSA) is 366 Å². The molecule has 12 atom stereocenters. The molecule has 686 valence electrons. The van der Waals surface area contributed by atoms with Crippen LogP contribution in [0.2, 0.25) is 0 Å². The van der Waals surface area contributed by atoms with Crippen LogP contribution in [0.25, 0.3) is 20.9 Å². The van der Waals surface area contributed by atoms with Gasteiger partial charge in [-0.05, 0) is 276 Å². The van der Waals surface area contributed by atoms with E-state index in [2.05, 4.69) is 114 Å². The minimum absolute atomic E-state index is 0. The van der Waals surface area contributed by atoms with Gasteiger partial charge >= 0.3 is 0 Å². The van der Waals surface area contributed by atoms with Crippen LogP contribution in [0, 0.1) is 160 Å². The van der Waals surface area contributed by atoms with E-state index < -0.39 is 11.7 Å². The molecule has 9 fully saturated rings. The first-order valence-electron chi connectivity index (χ1n) is 38.0. The van der Waals surface area contributed by atoms with E-state index in [4.69, 9.17) is 15.8 Å². The van der Waals surface area contributed by atoms with Crippen LogP contribution in [0.1, 0.15) is 183 Å². The first-order chi connectivity index (χ1) is 50.3. The molecular formula is C82H130N12O14W12-12. The zero-order chi connectivity index (χ0) is 79.2. The quantitative estimate of drug-likeness (QED) is 0.0146. The fourth-order valence-electron chi connectivity index (χ4n) is 17.5. The second kappa shape index (κ2) is 81.6. The Labute approximate surface area is 892 Å². The largest absolute Gasteiger partial charge is 0.378 e. The fraction of sp³-hybridized carbons (Fsp3) is 0.695. The molecule has 0 radical (unpaired) electrons. The Kier molecular flexibility index (Phi) is 99.5. The standard InChI is InChI=1S/C16H24O2.C13H21N5O3.C13H23N5O3.C13H19NO2.C13H18O2.C12H17NO2.2CH4.12W/c1-11(17)5-15-7-13-3-4-14(8-15)10-16(9-13)6-12(2)18;1-4-6-17(12(20)10-15-16-14)8-9-18(7-5-2)13(21)11(3)19;1-4-12(19)17(5-2)7-9-21-10-8-18(6-3)13(20)11-15-16-14;1-8(15)3-10-6-13-11(4-9(2)16)5-12(10)7-14-13;1-8(14)3-10-5-13-7-12(10)6-11(13)4-9(2)15;1-7(14)3-9-5-12-10(4-8(2)15)6-11(9)13-12;;;;;;;;;;;;;;/h13-16H,1-10H2;1-2,4-10H2,3H3;2-11H2,1H3;10-14H,1-7H2;10-13H,1-7H2;9-13H,1-6H2;2*1H4;;;;;;;;;;;;/q6*-2;;;;;;;;;;;;;;. The van der Waals surface area contributed by atoms with Crippen LogP contribution in [-0.4, -0.2) is 199 Å². The summed E-state index contributed by atoms with van der Waals surface area (Å²) in [4.78, 5) is 157. The third kappa shape index (κ3) is 58.4. The van der Waals surface area contributed by atoms with E-state index in [-0.39, 0.29) is 364 Å². The molecule has 4 heterocycles. The van der Waals surface area contributed by atoms with E-state index in [0.717, 1.165) is 45.1 Å². The predicted molar refractivity (Wildman–Crippen MR) is 418 cm³/mol. The number of amides is 4. The Morgan fingerprint density at radius 2 is 0.692 bits per heavy atom. The van der Waals surface area contributed by atoms with Crippen molar-refractivity contribution in [3.8, 4) is 0 Å². The average Bonchev–Trinajstić information content (AvgIpc) is 1.57. The number of nitrogens with one attached hydrogen (secondary N) is 2. The number of ketones is 9. The van der Waals surface area contributed by atoms with Gasteiger partial charge in [0.15, 0.2) is 0 Å². The summed E-state index contributed by atoms with van der Waals surface area (Å²) in [6.07, 6.45) is 21.2. The molecule has 26 nitrogen and oxygen atoms in total. The van der Waals surface area contributed by atoms with Crippen LogP contribution in [0.4, 0.5) is 0 Å². The Bertz CT molecular complexity index is 2860. The van der Waals surface area contributed by atoms with E-state index >= 15 is 0 Å². The van der Waals surface area contributed by atoms with Crippen molar-refractivity contribution >= 4 is 75.7 Å². The maximum absolute atomic E-state index is 11.8. The van der Waals surface area contributed by atoms with Gasteiger partial charge in [-0.15, -0.1) is 13.1 Å². The summed E-state index contributed by atoms with van der Waals surface area (Å²) in [7, 11) is 0. The van der Waals surface area contributed by atoms with Gasteiger partial charge in [0.05, 0.1) is 13.2 Å². The van der Waals surface area contributed by atoms with Crippen LogP contribution in [0.15, 0.2) is 10.2 Å². The average molecular weight is 3710 g/mol. The monoisotopic (exact) mass is 3710 g/mol. The number of rotatable bonds is 37. The van der Waals surface area contributed by atoms with Gasteiger partial charge < -0.3 is 156 Å². The molecule has 0 aromatic carbocycles. The minimum atomic E-state index is -0.587. The van der Waals surface area contributed by atoms with Gasteiger partial charge in [0.1, 0.15) is 13.1 Å². The summed E-state index contributed by atoms with van der Waals surface area (Å²) in [5.41, 5.74) is 16.4. The van der Waals surface area contributed by atoms with Gasteiger partial charge in [-0.2, -0.15) is 12.8 Å². The van der Waals surface area contributed by atoms with E-state index in [9.17, 15) is 62.3 Å². The van der Waals surface area contributed by atoms with E-state index in [1.165, 1.54) is 66.6 Å². The van der Waals surface area contributed by atoms with Crippen molar-refractivity contribution in [1.82, 2.24) is 30.2 Å².